The van der Waals surface area contributed by atoms with Crippen LogP contribution >= 0.6 is 15.9 Å². The predicted octanol–water partition coefficient (Wildman–Crippen LogP) is 2.67. The lowest BCUT2D eigenvalue weighted by molar-refractivity contribution is 0.627. The molecule has 0 atom stereocenters. The van der Waals surface area contributed by atoms with E-state index in [9.17, 15) is 0 Å². The van der Waals surface area contributed by atoms with Crippen LogP contribution in [0, 0.1) is 0 Å². The zero-order chi connectivity index (χ0) is 11.4. The van der Waals surface area contributed by atoms with Gasteiger partial charge in [0.2, 0.25) is 0 Å². The van der Waals surface area contributed by atoms with Gasteiger partial charge in [0, 0.05) is 23.4 Å². The van der Waals surface area contributed by atoms with Crippen molar-refractivity contribution >= 4 is 21.6 Å². The second-order valence-corrected chi connectivity index (χ2v) is 4.30. The lowest BCUT2D eigenvalue weighted by atomic mass is 10.3. The molecule has 0 radical (unpaired) electrons. The molecule has 0 saturated heterocycles. The number of hydrogen-bond donors (Lipinski definition) is 1. The van der Waals surface area contributed by atoms with Crippen LogP contribution in [0.3, 0.4) is 0 Å². The third kappa shape index (κ3) is 2.61. The van der Waals surface area contributed by atoms with Crippen LogP contribution in [0.25, 0.3) is 0 Å². The van der Waals surface area contributed by atoms with Gasteiger partial charge in [0.1, 0.15) is 0 Å². The Labute approximate surface area is 103 Å². The number of aryl methyl sites for hydroxylation is 1. The molecule has 4 nitrogen and oxygen atoms in total. The zero-order valence-corrected chi connectivity index (χ0v) is 10.6. The molecular formula is C11H13BrN4. The molecule has 5 heteroatoms. The largest absolute Gasteiger partial charge is 0.378 e. The third-order valence-electron chi connectivity index (χ3n) is 2.28. The number of hydrogen-bond acceptors (Lipinski definition) is 3. The minimum absolute atomic E-state index is 0.756. The Hall–Kier alpha value is -1.36. The van der Waals surface area contributed by atoms with Gasteiger partial charge in [-0.2, -0.15) is 5.10 Å². The minimum Gasteiger partial charge on any atom is -0.378 e. The molecule has 0 bridgehead atoms. The average Bonchev–Trinajstić information content (AvgIpc) is 2.74. The monoisotopic (exact) mass is 280 g/mol. The van der Waals surface area contributed by atoms with Gasteiger partial charge < -0.3 is 5.32 Å². The van der Waals surface area contributed by atoms with E-state index in [2.05, 4.69) is 38.3 Å². The first-order valence-corrected chi connectivity index (χ1v) is 5.94. The summed E-state index contributed by atoms with van der Waals surface area (Å²) >= 11 is 3.39. The van der Waals surface area contributed by atoms with Crippen molar-refractivity contribution < 1.29 is 0 Å². The molecule has 0 spiro atoms. The topological polar surface area (TPSA) is 42.7 Å². The standard InChI is InChI=1S/C11H13BrN4/c1-2-16-11(3-4-15-16)8-14-10-5-9(12)6-13-7-10/h3-7,14H,2,8H2,1H3. The summed E-state index contributed by atoms with van der Waals surface area (Å²) in [5, 5.41) is 7.53. The Kier molecular flexibility index (Phi) is 3.56. The molecule has 2 aromatic rings. The van der Waals surface area contributed by atoms with Crippen molar-refractivity contribution in [3.63, 3.8) is 0 Å². The fourth-order valence-electron chi connectivity index (χ4n) is 1.50. The molecule has 2 rings (SSSR count). The molecule has 84 valence electrons. The van der Waals surface area contributed by atoms with Gasteiger partial charge in [0.05, 0.1) is 24.1 Å². The van der Waals surface area contributed by atoms with Gasteiger partial charge in [-0.1, -0.05) is 0 Å². The molecule has 0 fully saturated rings. The summed E-state index contributed by atoms with van der Waals surface area (Å²) in [4.78, 5) is 4.09. The van der Waals surface area contributed by atoms with E-state index in [-0.39, 0.29) is 0 Å². The van der Waals surface area contributed by atoms with Crippen LogP contribution in [0.2, 0.25) is 0 Å². The maximum atomic E-state index is 4.22. The lowest BCUT2D eigenvalue weighted by Crippen LogP contribution is -2.07. The van der Waals surface area contributed by atoms with E-state index in [1.54, 1.807) is 12.4 Å². The second kappa shape index (κ2) is 5.12. The van der Waals surface area contributed by atoms with Crippen molar-refractivity contribution in [2.45, 2.75) is 20.0 Å². The van der Waals surface area contributed by atoms with Crippen molar-refractivity contribution in [3.8, 4) is 0 Å². The number of nitrogens with zero attached hydrogens (tertiary/aromatic N) is 3. The first kappa shape index (κ1) is 11.1. The normalized spacial score (nSPS) is 10.4. The molecule has 0 aliphatic carbocycles. The Morgan fingerprint density at radius 2 is 2.31 bits per heavy atom. The summed E-state index contributed by atoms with van der Waals surface area (Å²) in [6.45, 7) is 3.73. The maximum Gasteiger partial charge on any atom is 0.0575 e. The van der Waals surface area contributed by atoms with Crippen LogP contribution in [0.1, 0.15) is 12.6 Å². The van der Waals surface area contributed by atoms with Crippen LogP contribution in [0.15, 0.2) is 35.2 Å². The summed E-state index contributed by atoms with van der Waals surface area (Å²) in [5.74, 6) is 0. The number of pyridine rings is 1. The molecule has 0 aliphatic heterocycles. The van der Waals surface area contributed by atoms with Crippen molar-refractivity contribution in [1.29, 1.82) is 0 Å². The fraction of sp³-hybridized carbons (Fsp3) is 0.273. The van der Waals surface area contributed by atoms with E-state index in [0.717, 1.165) is 23.2 Å². The molecule has 2 heterocycles. The van der Waals surface area contributed by atoms with Crippen molar-refractivity contribution in [2.24, 2.45) is 0 Å². The molecule has 1 N–H and O–H groups in total. The van der Waals surface area contributed by atoms with E-state index in [1.807, 2.05) is 23.0 Å². The fourth-order valence-corrected chi connectivity index (χ4v) is 1.86. The van der Waals surface area contributed by atoms with Gasteiger partial charge in [-0.3, -0.25) is 9.67 Å². The second-order valence-electron chi connectivity index (χ2n) is 3.38. The van der Waals surface area contributed by atoms with Crippen molar-refractivity contribution in [2.75, 3.05) is 5.32 Å². The third-order valence-corrected chi connectivity index (χ3v) is 2.72. The highest BCUT2D eigenvalue weighted by Crippen LogP contribution is 2.14. The summed E-state index contributed by atoms with van der Waals surface area (Å²) in [6, 6.07) is 4.02. The first-order chi connectivity index (χ1) is 7.79. The molecule has 0 aliphatic rings. The summed E-state index contributed by atoms with van der Waals surface area (Å²) in [6.07, 6.45) is 5.39. The minimum atomic E-state index is 0.756. The Balaban J connectivity index is 2.02. The van der Waals surface area contributed by atoms with Gasteiger partial charge in [-0.15, -0.1) is 0 Å². The lowest BCUT2D eigenvalue weighted by Gasteiger charge is -2.07. The SMILES string of the molecule is CCn1nccc1CNc1cncc(Br)c1. The van der Waals surface area contributed by atoms with E-state index in [1.165, 1.54) is 5.69 Å². The van der Waals surface area contributed by atoms with Crippen molar-refractivity contribution in [3.05, 3.63) is 40.9 Å². The number of nitrogens with one attached hydrogen (secondary N) is 1. The predicted molar refractivity (Wildman–Crippen MR) is 67.2 cm³/mol. The number of anilines is 1. The van der Waals surface area contributed by atoms with Crippen LogP contribution in [0.5, 0.6) is 0 Å². The number of halogens is 1. The van der Waals surface area contributed by atoms with E-state index in [0.29, 0.717) is 0 Å². The molecule has 0 amide bonds. The van der Waals surface area contributed by atoms with Crippen LogP contribution in [-0.2, 0) is 13.1 Å². The van der Waals surface area contributed by atoms with Gasteiger partial charge in [-0.05, 0) is 35.0 Å². The van der Waals surface area contributed by atoms with Gasteiger partial charge in [-0.25, -0.2) is 0 Å². The van der Waals surface area contributed by atoms with E-state index < -0.39 is 0 Å². The summed E-state index contributed by atoms with van der Waals surface area (Å²) in [7, 11) is 0. The average molecular weight is 281 g/mol. The Morgan fingerprint density at radius 1 is 1.44 bits per heavy atom. The van der Waals surface area contributed by atoms with Gasteiger partial charge in [0.25, 0.3) is 0 Å². The molecule has 16 heavy (non-hydrogen) atoms. The summed E-state index contributed by atoms with van der Waals surface area (Å²) < 4.78 is 2.94. The van der Waals surface area contributed by atoms with Crippen LogP contribution in [0.4, 0.5) is 5.69 Å². The zero-order valence-electron chi connectivity index (χ0n) is 9.02. The number of rotatable bonds is 4. The molecule has 0 saturated carbocycles. The maximum absolute atomic E-state index is 4.22. The van der Waals surface area contributed by atoms with Crippen LogP contribution in [-0.4, -0.2) is 14.8 Å². The van der Waals surface area contributed by atoms with Crippen molar-refractivity contribution in [1.82, 2.24) is 14.8 Å². The Bertz CT molecular complexity index is 467. The quantitative estimate of drug-likeness (QED) is 0.937. The molecule has 0 unspecified atom stereocenters. The Morgan fingerprint density at radius 3 is 3.06 bits per heavy atom. The highest BCUT2D eigenvalue weighted by molar-refractivity contribution is 9.10. The number of aromatic nitrogens is 3. The van der Waals surface area contributed by atoms with Gasteiger partial charge >= 0.3 is 0 Å². The van der Waals surface area contributed by atoms with E-state index >= 15 is 0 Å². The highest BCUT2D eigenvalue weighted by Gasteiger charge is 2.00. The van der Waals surface area contributed by atoms with Gasteiger partial charge in [0.15, 0.2) is 0 Å². The smallest absolute Gasteiger partial charge is 0.0575 e. The summed E-state index contributed by atoms with van der Waals surface area (Å²) in [5.41, 5.74) is 2.17. The molecule has 2 aromatic heterocycles. The first-order valence-electron chi connectivity index (χ1n) is 5.14. The van der Waals surface area contributed by atoms with E-state index in [4.69, 9.17) is 0 Å². The molecule has 0 aromatic carbocycles. The highest BCUT2D eigenvalue weighted by atomic mass is 79.9. The van der Waals surface area contributed by atoms with Crippen LogP contribution < -0.4 is 5.32 Å². The molecular weight excluding hydrogens is 268 g/mol.